The molecule has 0 aliphatic carbocycles. The predicted octanol–water partition coefficient (Wildman–Crippen LogP) is 1.43. The third-order valence-electron chi connectivity index (χ3n) is 2.53. The summed E-state index contributed by atoms with van der Waals surface area (Å²) in [7, 11) is 1.86. The maximum Gasteiger partial charge on any atom is 0.238 e. The van der Waals surface area contributed by atoms with E-state index in [1.165, 1.54) is 0 Å². The highest BCUT2D eigenvalue weighted by atomic mass is 35.5. The Morgan fingerprint density at radius 1 is 1.58 bits per heavy atom. The van der Waals surface area contributed by atoms with E-state index in [1.54, 1.807) is 18.2 Å². The lowest BCUT2D eigenvalue weighted by Gasteiger charge is -2.15. The van der Waals surface area contributed by atoms with Crippen LogP contribution < -0.4 is 11.1 Å². The second-order valence-corrected chi connectivity index (χ2v) is 4.64. The molecule has 1 rings (SSSR count). The zero-order chi connectivity index (χ0) is 14.3. The molecule has 0 aliphatic rings. The first-order valence-electron chi connectivity index (χ1n) is 5.95. The minimum atomic E-state index is -0.125. The number of amides is 1. The summed E-state index contributed by atoms with van der Waals surface area (Å²) < 4.78 is 0. The number of nitriles is 1. The Bertz CT molecular complexity index is 484. The Morgan fingerprint density at radius 2 is 2.32 bits per heavy atom. The van der Waals surface area contributed by atoms with Crippen molar-refractivity contribution in [1.29, 1.82) is 5.26 Å². The summed E-state index contributed by atoms with van der Waals surface area (Å²) in [6.07, 6.45) is 0.854. The Kier molecular flexibility index (Phi) is 6.30. The average molecular weight is 281 g/mol. The first kappa shape index (κ1) is 15.4. The molecule has 0 aromatic heterocycles. The molecule has 1 aromatic rings. The highest BCUT2D eigenvalue weighted by molar-refractivity contribution is 6.32. The van der Waals surface area contributed by atoms with Crippen LogP contribution in [0.3, 0.4) is 0 Å². The minimum Gasteiger partial charge on any atom is -0.330 e. The first-order chi connectivity index (χ1) is 9.06. The van der Waals surface area contributed by atoms with Gasteiger partial charge in [0.25, 0.3) is 0 Å². The molecular formula is C13H17ClN4O. The van der Waals surface area contributed by atoms with Crippen molar-refractivity contribution in [3.63, 3.8) is 0 Å². The van der Waals surface area contributed by atoms with E-state index in [0.717, 1.165) is 13.0 Å². The van der Waals surface area contributed by atoms with Crippen molar-refractivity contribution in [3.8, 4) is 6.07 Å². The minimum absolute atomic E-state index is 0.125. The van der Waals surface area contributed by atoms with Gasteiger partial charge in [-0.3, -0.25) is 9.69 Å². The third-order valence-corrected chi connectivity index (χ3v) is 2.84. The molecule has 0 saturated carbocycles. The molecule has 1 amide bonds. The summed E-state index contributed by atoms with van der Waals surface area (Å²) in [5, 5.41) is 11.8. The second-order valence-electron chi connectivity index (χ2n) is 4.23. The van der Waals surface area contributed by atoms with Crippen LogP contribution in [0.1, 0.15) is 12.0 Å². The normalized spacial score (nSPS) is 10.3. The smallest absolute Gasteiger partial charge is 0.238 e. The molecule has 0 fully saturated rings. The Balaban J connectivity index is 2.53. The number of likely N-dealkylation sites (N-methyl/N-ethyl adjacent to an activating group) is 1. The molecule has 0 atom stereocenters. The Hall–Kier alpha value is -1.61. The number of hydrogen-bond acceptors (Lipinski definition) is 4. The molecule has 0 aliphatic heterocycles. The van der Waals surface area contributed by atoms with Crippen molar-refractivity contribution < 1.29 is 4.79 Å². The standard InChI is InChI=1S/C13H17ClN4O/c1-18(6-2-5-15)9-13(19)17-11-4-3-10(8-16)12(14)7-11/h3-4,7H,2,5-6,9,15H2,1H3,(H,17,19). The molecular weight excluding hydrogens is 264 g/mol. The van der Waals surface area contributed by atoms with Gasteiger partial charge in [0.1, 0.15) is 6.07 Å². The van der Waals surface area contributed by atoms with E-state index in [1.807, 2.05) is 18.0 Å². The second kappa shape index (κ2) is 7.74. The Morgan fingerprint density at radius 3 is 2.89 bits per heavy atom. The number of halogens is 1. The molecule has 19 heavy (non-hydrogen) atoms. The lowest BCUT2D eigenvalue weighted by molar-refractivity contribution is -0.117. The van der Waals surface area contributed by atoms with E-state index < -0.39 is 0 Å². The highest BCUT2D eigenvalue weighted by Gasteiger charge is 2.08. The molecule has 102 valence electrons. The van der Waals surface area contributed by atoms with Crippen molar-refractivity contribution in [2.45, 2.75) is 6.42 Å². The van der Waals surface area contributed by atoms with Crippen LogP contribution in [0.2, 0.25) is 5.02 Å². The van der Waals surface area contributed by atoms with Crippen LogP contribution in [-0.2, 0) is 4.79 Å². The molecule has 6 heteroatoms. The maximum absolute atomic E-state index is 11.8. The highest BCUT2D eigenvalue weighted by Crippen LogP contribution is 2.20. The van der Waals surface area contributed by atoms with Crippen LogP contribution in [0.5, 0.6) is 0 Å². The van der Waals surface area contributed by atoms with Gasteiger partial charge in [-0.2, -0.15) is 5.26 Å². The lowest BCUT2D eigenvalue weighted by atomic mass is 10.2. The van der Waals surface area contributed by atoms with Gasteiger partial charge in [0.05, 0.1) is 17.1 Å². The molecule has 5 nitrogen and oxygen atoms in total. The zero-order valence-electron chi connectivity index (χ0n) is 10.8. The van der Waals surface area contributed by atoms with E-state index >= 15 is 0 Å². The van der Waals surface area contributed by atoms with Gasteiger partial charge in [-0.05, 0) is 44.8 Å². The van der Waals surface area contributed by atoms with Crippen molar-refractivity contribution in [1.82, 2.24) is 4.90 Å². The van der Waals surface area contributed by atoms with Gasteiger partial charge in [-0.1, -0.05) is 11.6 Å². The summed E-state index contributed by atoms with van der Waals surface area (Å²) in [5.41, 5.74) is 6.38. The zero-order valence-corrected chi connectivity index (χ0v) is 11.6. The molecule has 3 N–H and O–H groups in total. The van der Waals surface area contributed by atoms with Gasteiger partial charge < -0.3 is 11.1 Å². The van der Waals surface area contributed by atoms with Gasteiger partial charge in [0.15, 0.2) is 0 Å². The summed E-state index contributed by atoms with van der Waals surface area (Å²) >= 11 is 5.89. The topological polar surface area (TPSA) is 82.2 Å². The van der Waals surface area contributed by atoms with Crippen molar-refractivity contribution >= 4 is 23.2 Å². The first-order valence-corrected chi connectivity index (χ1v) is 6.32. The summed E-state index contributed by atoms with van der Waals surface area (Å²) in [6, 6.07) is 6.77. The maximum atomic E-state index is 11.8. The van der Waals surface area contributed by atoms with Crippen molar-refractivity contribution in [2.75, 3.05) is 32.0 Å². The molecule has 0 saturated heterocycles. The quantitative estimate of drug-likeness (QED) is 0.826. The van der Waals surface area contributed by atoms with Crippen LogP contribution in [0.15, 0.2) is 18.2 Å². The van der Waals surface area contributed by atoms with E-state index in [4.69, 9.17) is 22.6 Å². The molecule has 0 radical (unpaired) electrons. The van der Waals surface area contributed by atoms with Crippen LogP contribution >= 0.6 is 11.6 Å². The van der Waals surface area contributed by atoms with Crippen LogP contribution in [0, 0.1) is 11.3 Å². The van der Waals surface area contributed by atoms with E-state index in [9.17, 15) is 4.79 Å². The van der Waals surface area contributed by atoms with E-state index in [0.29, 0.717) is 22.8 Å². The fraction of sp³-hybridized carbons (Fsp3) is 0.385. The van der Waals surface area contributed by atoms with Crippen molar-refractivity contribution in [3.05, 3.63) is 28.8 Å². The Labute approximate surface area is 117 Å². The summed E-state index contributed by atoms with van der Waals surface area (Å²) in [5.74, 6) is -0.125. The van der Waals surface area contributed by atoms with Crippen LogP contribution in [0.25, 0.3) is 0 Å². The number of hydrogen-bond donors (Lipinski definition) is 2. The number of anilines is 1. The third kappa shape index (κ3) is 5.26. The van der Waals surface area contributed by atoms with Gasteiger partial charge in [0.2, 0.25) is 5.91 Å². The van der Waals surface area contributed by atoms with Gasteiger partial charge in [-0.25, -0.2) is 0 Å². The van der Waals surface area contributed by atoms with Crippen LogP contribution in [-0.4, -0.2) is 37.5 Å². The van der Waals surface area contributed by atoms with E-state index in [2.05, 4.69) is 5.32 Å². The monoisotopic (exact) mass is 280 g/mol. The van der Waals surface area contributed by atoms with Gasteiger partial charge >= 0.3 is 0 Å². The fourth-order valence-corrected chi connectivity index (χ4v) is 1.79. The molecule has 1 aromatic carbocycles. The SMILES string of the molecule is CN(CCCN)CC(=O)Nc1ccc(C#N)c(Cl)c1. The molecule has 0 heterocycles. The average Bonchev–Trinajstić information content (AvgIpc) is 2.36. The van der Waals surface area contributed by atoms with Crippen LogP contribution in [0.4, 0.5) is 5.69 Å². The number of nitrogens with two attached hydrogens (primary N) is 1. The van der Waals surface area contributed by atoms with Gasteiger partial charge in [-0.15, -0.1) is 0 Å². The largest absolute Gasteiger partial charge is 0.330 e. The lowest BCUT2D eigenvalue weighted by Crippen LogP contribution is -2.31. The van der Waals surface area contributed by atoms with E-state index in [-0.39, 0.29) is 12.5 Å². The number of rotatable bonds is 6. The number of nitrogens with zero attached hydrogens (tertiary/aromatic N) is 2. The summed E-state index contributed by atoms with van der Waals surface area (Å²) in [4.78, 5) is 13.7. The number of carbonyl (C=O) groups excluding carboxylic acids is 1. The predicted molar refractivity (Wildman–Crippen MR) is 76.0 cm³/mol. The fourth-order valence-electron chi connectivity index (χ4n) is 1.57. The number of benzene rings is 1. The van der Waals surface area contributed by atoms with Crippen molar-refractivity contribution in [2.24, 2.45) is 5.73 Å². The molecule has 0 spiro atoms. The molecule has 0 bridgehead atoms. The van der Waals surface area contributed by atoms with Gasteiger partial charge in [0, 0.05) is 5.69 Å². The molecule has 0 unspecified atom stereocenters. The number of carbonyl (C=O) groups is 1. The summed E-state index contributed by atoms with van der Waals surface area (Å²) in [6.45, 7) is 1.67. The number of nitrogens with one attached hydrogen (secondary N) is 1.